The topological polar surface area (TPSA) is 52.6 Å². The molecule has 2 atom stereocenters. The van der Waals surface area contributed by atoms with Crippen LogP contribution in [-0.4, -0.2) is 46.7 Å². The van der Waals surface area contributed by atoms with Gasteiger partial charge in [0.2, 0.25) is 0 Å². The van der Waals surface area contributed by atoms with Crippen LogP contribution in [0.2, 0.25) is 0 Å². The van der Waals surface area contributed by atoms with E-state index in [4.69, 9.17) is 0 Å². The maximum Gasteiger partial charge on any atom is 0.323 e. The molecule has 0 aromatic rings. The van der Waals surface area contributed by atoms with E-state index in [1.54, 1.807) is 0 Å². The molecule has 2 aliphatic rings. The van der Waals surface area contributed by atoms with Gasteiger partial charge in [-0.15, -0.1) is 0 Å². The first-order chi connectivity index (χ1) is 9.61. The normalized spacial score (nSPS) is 26.6. The number of likely N-dealkylation sites (tertiary alicyclic amines) is 1. The first-order valence-electron chi connectivity index (χ1n) is 8.36. The van der Waals surface area contributed by atoms with Crippen LogP contribution in [0.25, 0.3) is 0 Å². The molecule has 2 unspecified atom stereocenters. The number of carboxylic acid groups (broad SMARTS) is 1. The molecule has 1 aliphatic carbocycles. The lowest BCUT2D eigenvalue weighted by Crippen LogP contribution is -2.53. The minimum atomic E-state index is -0.692. The molecule has 2 N–H and O–H groups in total. The summed E-state index contributed by atoms with van der Waals surface area (Å²) < 4.78 is 0. The minimum Gasteiger partial charge on any atom is -0.480 e. The Morgan fingerprint density at radius 2 is 2.10 bits per heavy atom. The maximum atomic E-state index is 11.7. The van der Waals surface area contributed by atoms with Crippen molar-refractivity contribution >= 4 is 5.97 Å². The van der Waals surface area contributed by atoms with Gasteiger partial charge in [0.15, 0.2) is 0 Å². The van der Waals surface area contributed by atoms with Crippen molar-refractivity contribution in [3.8, 4) is 0 Å². The predicted octanol–water partition coefficient (Wildman–Crippen LogP) is 2.63. The summed E-state index contributed by atoms with van der Waals surface area (Å²) in [6.07, 6.45) is 8.52. The number of hydrogen-bond acceptors (Lipinski definition) is 3. The van der Waals surface area contributed by atoms with Crippen LogP contribution < -0.4 is 5.32 Å². The highest BCUT2D eigenvalue weighted by molar-refractivity contribution is 5.78. The smallest absolute Gasteiger partial charge is 0.323 e. The second-order valence-corrected chi connectivity index (χ2v) is 6.50. The Morgan fingerprint density at radius 3 is 2.65 bits per heavy atom. The van der Waals surface area contributed by atoms with E-state index in [0.717, 1.165) is 38.3 Å². The third-order valence-electron chi connectivity index (χ3n) is 5.09. The number of carbonyl (C=O) groups is 1. The van der Waals surface area contributed by atoms with Gasteiger partial charge in [0.25, 0.3) is 0 Å². The number of nitrogens with zero attached hydrogens (tertiary/aromatic N) is 1. The fourth-order valence-corrected chi connectivity index (χ4v) is 3.53. The van der Waals surface area contributed by atoms with Crippen molar-refractivity contribution in [2.24, 2.45) is 0 Å². The van der Waals surface area contributed by atoms with Crippen LogP contribution >= 0.6 is 0 Å². The van der Waals surface area contributed by atoms with Crippen LogP contribution in [0.3, 0.4) is 0 Å². The molecule has 0 aromatic heterocycles. The Labute approximate surface area is 122 Å². The van der Waals surface area contributed by atoms with Gasteiger partial charge in [-0.05, 0) is 64.5 Å². The van der Waals surface area contributed by atoms with E-state index in [-0.39, 0.29) is 0 Å². The van der Waals surface area contributed by atoms with E-state index in [0.29, 0.717) is 12.5 Å². The van der Waals surface area contributed by atoms with Crippen LogP contribution in [0.5, 0.6) is 0 Å². The Bertz CT molecular complexity index is 330. The van der Waals surface area contributed by atoms with Gasteiger partial charge in [-0.1, -0.05) is 13.8 Å². The van der Waals surface area contributed by atoms with E-state index < -0.39 is 11.5 Å². The summed E-state index contributed by atoms with van der Waals surface area (Å²) in [7, 11) is 0. The molecule has 20 heavy (non-hydrogen) atoms. The molecule has 116 valence electrons. The quantitative estimate of drug-likeness (QED) is 0.682. The summed E-state index contributed by atoms with van der Waals surface area (Å²) in [5.74, 6) is -0.666. The molecule has 0 radical (unpaired) electrons. The van der Waals surface area contributed by atoms with Crippen LogP contribution in [-0.2, 0) is 4.79 Å². The number of hydrogen-bond donors (Lipinski definition) is 2. The molecule has 2 fully saturated rings. The van der Waals surface area contributed by atoms with E-state index in [9.17, 15) is 9.90 Å². The lowest BCUT2D eigenvalue weighted by atomic mass is 9.90. The second kappa shape index (κ2) is 6.90. The van der Waals surface area contributed by atoms with Gasteiger partial charge in [0.05, 0.1) is 0 Å². The number of rotatable bonds is 9. The molecule has 1 aliphatic heterocycles. The van der Waals surface area contributed by atoms with Gasteiger partial charge in [0.1, 0.15) is 5.54 Å². The monoisotopic (exact) mass is 282 g/mol. The van der Waals surface area contributed by atoms with Crippen LogP contribution in [0, 0.1) is 0 Å². The van der Waals surface area contributed by atoms with Gasteiger partial charge in [-0.25, -0.2) is 0 Å². The Morgan fingerprint density at radius 1 is 1.35 bits per heavy atom. The van der Waals surface area contributed by atoms with Crippen LogP contribution in [0.1, 0.15) is 65.2 Å². The fraction of sp³-hybridized carbons (Fsp3) is 0.938. The summed E-state index contributed by atoms with van der Waals surface area (Å²) >= 11 is 0. The van der Waals surface area contributed by atoms with E-state index in [1.165, 1.54) is 25.8 Å². The largest absolute Gasteiger partial charge is 0.480 e. The molecule has 0 aromatic carbocycles. The average Bonchev–Trinajstić information content (AvgIpc) is 3.13. The average molecular weight is 282 g/mol. The summed E-state index contributed by atoms with van der Waals surface area (Å²) in [5, 5.41) is 13.0. The van der Waals surface area contributed by atoms with Crippen LogP contribution in [0.15, 0.2) is 0 Å². The summed E-state index contributed by atoms with van der Waals surface area (Å²) in [5.41, 5.74) is -0.692. The van der Waals surface area contributed by atoms with Gasteiger partial charge < -0.3 is 10.0 Å². The number of aliphatic carboxylic acids is 1. The standard InChI is InChI=1S/C16H30N2O2/c1-3-14-7-5-11-18(14)12-6-10-16(4-2,15(19)20)17-13-8-9-13/h13-14,17H,3-12H2,1-2H3,(H,19,20). The first-order valence-corrected chi connectivity index (χ1v) is 8.36. The van der Waals surface area contributed by atoms with Crippen molar-refractivity contribution < 1.29 is 9.90 Å². The van der Waals surface area contributed by atoms with Gasteiger partial charge >= 0.3 is 5.97 Å². The number of nitrogens with one attached hydrogen (secondary N) is 1. The third kappa shape index (κ3) is 3.73. The molecule has 0 spiro atoms. The van der Waals surface area contributed by atoms with E-state index in [1.807, 2.05) is 6.92 Å². The summed E-state index contributed by atoms with van der Waals surface area (Å²) in [6, 6.07) is 1.17. The van der Waals surface area contributed by atoms with Crippen molar-refractivity contribution in [3.63, 3.8) is 0 Å². The molecular formula is C16H30N2O2. The molecule has 1 heterocycles. The van der Waals surface area contributed by atoms with Crippen molar-refractivity contribution in [1.82, 2.24) is 10.2 Å². The zero-order chi connectivity index (χ0) is 14.6. The van der Waals surface area contributed by atoms with E-state index >= 15 is 0 Å². The fourth-order valence-electron chi connectivity index (χ4n) is 3.53. The van der Waals surface area contributed by atoms with Crippen molar-refractivity contribution in [1.29, 1.82) is 0 Å². The summed E-state index contributed by atoms with van der Waals surface area (Å²) in [6.45, 7) is 6.50. The van der Waals surface area contributed by atoms with Gasteiger partial charge in [-0.3, -0.25) is 10.1 Å². The molecule has 1 saturated carbocycles. The Kier molecular flexibility index (Phi) is 5.44. The number of carboxylic acids is 1. The first kappa shape index (κ1) is 15.8. The Balaban J connectivity index is 1.83. The summed E-state index contributed by atoms with van der Waals surface area (Å²) in [4.78, 5) is 14.2. The molecule has 2 rings (SSSR count). The van der Waals surface area contributed by atoms with Crippen molar-refractivity contribution in [2.75, 3.05) is 13.1 Å². The maximum absolute atomic E-state index is 11.7. The Hall–Kier alpha value is -0.610. The van der Waals surface area contributed by atoms with Gasteiger partial charge in [0, 0.05) is 12.1 Å². The highest BCUT2D eigenvalue weighted by Gasteiger charge is 2.40. The van der Waals surface area contributed by atoms with Gasteiger partial charge in [-0.2, -0.15) is 0 Å². The van der Waals surface area contributed by atoms with Crippen molar-refractivity contribution in [2.45, 2.75) is 82.8 Å². The highest BCUT2D eigenvalue weighted by atomic mass is 16.4. The minimum absolute atomic E-state index is 0.446. The molecule has 4 nitrogen and oxygen atoms in total. The molecule has 0 amide bonds. The highest BCUT2D eigenvalue weighted by Crippen LogP contribution is 2.28. The molecule has 4 heteroatoms. The van der Waals surface area contributed by atoms with E-state index in [2.05, 4.69) is 17.1 Å². The molecule has 1 saturated heterocycles. The molecular weight excluding hydrogens is 252 g/mol. The lowest BCUT2D eigenvalue weighted by molar-refractivity contribution is -0.145. The lowest BCUT2D eigenvalue weighted by Gasteiger charge is -2.31. The SMILES string of the molecule is CCC1CCCN1CCCC(CC)(NC1CC1)C(=O)O. The predicted molar refractivity (Wildman–Crippen MR) is 80.9 cm³/mol. The van der Waals surface area contributed by atoms with Crippen molar-refractivity contribution in [3.05, 3.63) is 0 Å². The zero-order valence-electron chi connectivity index (χ0n) is 13.0. The van der Waals surface area contributed by atoms with Crippen LogP contribution in [0.4, 0.5) is 0 Å². The second-order valence-electron chi connectivity index (χ2n) is 6.50. The zero-order valence-corrected chi connectivity index (χ0v) is 13.0. The molecule has 0 bridgehead atoms. The third-order valence-corrected chi connectivity index (χ3v) is 5.09.